The van der Waals surface area contributed by atoms with Gasteiger partial charge in [0.15, 0.2) is 0 Å². The molecule has 1 aromatic carbocycles. The Balaban J connectivity index is 2.37. The summed E-state index contributed by atoms with van der Waals surface area (Å²) in [4.78, 5) is 17.3. The van der Waals surface area contributed by atoms with Crippen LogP contribution in [0.25, 0.3) is 10.9 Å². The van der Waals surface area contributed by atoms with Crippen LogP contribution in [0.5, 0.6) is 0 Å². The number of pyridine rings is 1. The number of carbonyl (C=O) groups excluding carboxylic acids is 1. The fourth-order valence-corrected chi connectivity index (χ4v) is 2.16. The zero-order chi connectivity index (χ0) is 14.7. The Labute approximate surface area is 117 Å². The molecule has 106 valence electrons. The van der Waals surface area contributed by atoms with Crippen molar-refractivity contribution in [2.75, 3.05) is 6.54 Å². The second-order valence-electron chi connectivity index (χ2n) is 5.07. The largest absolute Gasteiger partial charge is 0.369 e. The van der Waals surface area contributed by atoms with Crippen LogP contribution in [0, 0.1) is 5.82 Å². The number of rotatable bonds is 5. The van der Waals surface area contributed by atoms with E-state index in [1.54, 1.807) is 24.4 Å². The molecule has 0 unspecified atom stereocenters. The summed E-state index contributed by atoms with van der Waals surface area (Å²) >= 11 is 0. The summed E-state index contributed by atoms with van der Waals surface area (Å²) in [5.41, 5.74) is 6.78. The molecule has 0 aliphatic carbocycles. The predicted octanol–water partition coefficient (Wildman–Crippen LogP) is 2.07. The highest BCUT2D eigenvalue weighted by Crippen LogP contribution is 2.21. The number of primary amides is 1. The molecule has 0 aliphatic heterocycles. The molecular formula is C15H18FN3O. The molecule has 0 saturated heterocycles. The lowest BCUT2D eigenvalue weighted by Crippen LogP contribution is -2.38. The second-order valence-corrected chi connectivity index (χ2v) is 5.07. The van der Waals surface area contributed by atoms with Crippen molar-refractivity contribution in [1.29, 1.82) is 0 Å². The van der Waals surface area contributed by atoms with Gasteiger partial charge in [-0.2, -0.15) is 0 Å². The topological polar surface area (TPSA) is 59.2 Å². The van der Waals surface area contributed by atoms with Crippen molar-refractivity contribution in [3.05, 3.63) is 41.8 Å². The highest BCUT2D eigenvalue weighted by Gasteiger charge is 2.15. The van der Waals surface area contributed by atoms with Crippen LogP contribution in [-0.2, 0) is 11.3 Å². The number of halogens is 1. The molecule has 0 radical (unpaired) electrons. The molecule has 0 fully saturated rings. The van der Waals surface area contributed by atoms with Gasteiger partial charge in [0.05, 0.1) is 12.1 Å². The number of amides is 1. The standard InChI is InChI=1S/C15H18FN3O/c1-10(2)19(9-14(17)20)8-11-5-6-13(16)12-4-3-7-18-15(11)12/h3-7,10H,8-9H2,1-2H3,(H2,17,20). The first-order chi connectivity index (χ1) is 9.49. The highest BCUT2D eigenvalue weighted by atomic mass is 19.1. The van der Waals surface area contributed by atoms with Gasteiger partial charge in [-0.25, -0.2) is 4.39 Å². The van der Waals surface area contributed by atoms with Gasteiger partial charge in [0.1, 0.15) is 5.82 Å². The second kappa shape index (κ2) is 5.96. The molecule has 1 aromatic heterocycles. The first-order valence-electron chi connectivity index (χ1n) is 6.53. The van der Waals surface area contributed by atoms with E-state index in [-0.39, 0.29) is 24.3 Å². The van der Waals surface area contributed by atoms with Crippen LogP contribution in [0.1, 0.15) is 19.4 Å². The van der Waals surface area contributed by atoms with Crippen molar-refractivity contribution < 1.29 is 9.18 Å². The highest BCUT2D eigenvalue weighted by molar-refractivity contribution is 5.82. The Morgan fingerprint density at radius 2 is 2.15 bits per heavy atom. The third kappa shape index (κ3) is 3.11. The fraction of sp³-hybridized carbons (Fsp3) is 0.333. The Bertz CT molecular complexity index is 628. The lowest BCUT2D eigenvalue weighted by Gasteiger charge is -2.25. The molecule has 2 aromatic rings. The van der Waals surface area contributed by atoms with Crippen LogP contribution >= 0.6 is 0 Å². The molecule has 0 saturated carbocycles. The summed E-state index contributed by atoms with van der Waals surface area (Å²) in [6, 6.07) is 6.71. The van der Waals surface area contributed by atoms with Crippen molar-refractivity contribution in [2.24, 2.45) is 5.73 Å². The lowest BCUT2D eigenvalue weighted by atomic mass is 10.1. The maximum atomic E-state index is 13.7. The van der Waals surface area contributed by atoms with Crippen LogP contribution < -0.4 is 5.73 Å². The van der Waals surface area contributed by atoms with Gasteiger partial charge in [0.25, 0.3) is 0 Å². The first-order valence-corrected chi connectivity index (χ1v) is 6.53. The normalized spacial score (nSPS) is 11.4. The minimum absolute atomic E-state index is 0.159. The van der Waals surface area contributed by atoms with E-state index < -0.39 is 0 Å². The zero-order valence-electron chi connectivity index (χ0n) is 11.6. The van der Waals surface area contributed by atoms with Crippen LogP contribution in [0.2, 0.25) is 0 Å². The first kappa shape index (κ1) is 14.4. The van der Waals surface area contributed by atoms with Crippen LogP contribution in [-0.4, -0.2) is 28.4 Å². The molecule has 0 spiro atoms. The molecule has 0 bridgehead atoms. The molecule has 2 N–H and O–H groups in total. The van der Waals surface area contributed by atoms with Gasteiger partial charge in [0, 0.05) is 24.2 Å². The van der Waals surface area contributed by atoms with E-state index in [1.807, 2.05) is 18.7 Å². The average molecular weight is 275 g/mol. The molecule has 1 amide bonds. The Hall–Kier alpha value is -2.01. The molecule has 5 heteroatoms. The number of nitrogens with zero attached hydrogens (tertiary/aromatic N) is 2. The van der Waals surface area contributed by atoms with E-state index in [2.05, 4.69) is 4.98 Å². The van der Waals surface area contributed by atoms with Crippen molar-refractivity contribution in [2.45, 2.75) is 26.4 Å². The Kier molecular flexibility index (Phi) is 4.29. The number of benzene rings is 1. The minimum Gasteiger partial charge on any atom is -0.369 e. The van der Waals surface area contributed by atoms with Crippen LogP contribution in [0.3, 0.4) is 0 Å². The molecule has 1 heterocycles. The molecular weight excluding hydrogens is 257 g/mol. The zero-order valence-corrected chi connectivity index (χ0v) is 11.6. The molecule has 2 rings (SSSR count). The number of fused-ring (bicyclic) bond motifs is 1. The maximum absolute atomic E-state index is 13.7. The Morgan fingerprint density at radius 1 is 1.40 bits per heavy atom. The van der Waals surface area contributed by atoms with E-state index >= 15 is 0 Å². The van der Waals surface area contributed by atoms with Gasteiger partial charge in [-0.3, -0.25) is 14.7 Å². The van der Waals surface area contributed by atoms with E-state index in [1.165, 1.54) is 6.07 Å². The summed E-state index contributed by atoms with van der Waals surface area (Å²) in [6.45, 7) is 4.65. The van der Waals surface area contributed by atoms with Gasteiger partial charge in [0.2, 0.25) is 5.91 Å². The number of nitrogens with two attached hydrogens (primary N) is 1. The number of hydrogen-bond donors (Lipinski definition) is 1. The molecule has 4 nitrogen and oxygen atoms in total. The molecule has 0 aliphatic rings. The van der Waals surface area contributed by atoms with Crippen LogP contribution in [0.4, 0.5) is 4.39 Å². The van der Waals surface area contributed by atoms with Crippen LogP contribution in [0.15, 0.2) is 30.5 Å². The third-order valence-corrected chi connectivity index (χ3v) is 3.26. The van der Waals surface area contributed by atoms with E-state index in [0.717, 1.165) is 5.56 Å². The molecule has 20 heavy (non-hydrogen) atoms. The van der Waals surface area contributed by atoms with Crippen molar-refractivity contribution >= 4 is 16.8 Å². The lowest BCUT2D eigenvalue weighted by molar-refractivity contribution is -0.119. The summed E-state index contributed by atoms with van der Waals surface area (Å²) in [7, 11) is 0. The maximum Gasteiger partial charge on any atom is 0.231 e. The summed E-state index contributed by atoms with van der Waals surface area (Å²) in [5.74, 6) is -0.666. The smallest absolute Gasteiger partial charge is 0.231 e. The number of hydrogen-bond acceptors (Lipinski definition) is 3. The van der Waals surface area contributed by atoms with Gasteiger partial charge >= 0.3 is 0 Å². The number of aromatic nitrogens is 1. The van der Waals surface area contributed by atoms with E-state index in [4.69, 9.17) is 5.73 Å². The van der Waals surface area contributed by atoms with E-state index in [9.17, 15) is 9.18 Å². The summed E-state index contributed by atoms with van der Waals surface area (Å²) in [6.07, 6.45) is 1.64. The van der Waals surface area contributed by atoms with Crippen molar-refractivity contribution in [3.8, 4) is 0 Å². The Morgan fingerprint density at radius 3 is 2.80 bits per heavy atom. The van der Waals surface area contributed by atoms with Gasteiger partial charge < -0.3 is 5.73 Å². The summed E-state index contributed by atoms with van der Waals surface area (Å²) in [5, 5.41) is 0.493. The van der Waals surface area contributed by atoms with Crippen molar-refractivity contribution in [3.63, 3.8) is 0 Å². The monoisotopic (exact) mass is 275 g/mol. The van der Waals surface area contributed by atoms with Gasteiger partial charge in [-0.05, 0) is 37.6 Å². The third-order valence-electron chi connectivity index (χ3n) is 3.26. The van der Waals surface area contributed by atoms with Gasteiger partial charge in [-0.15, -0.1) is 0 Å². The van der Waals surface area contributed by atoms with Crippen molar-refractivity contribution in [1.82, 2.24) is 9.88 Å². The minimum atomic E-state index is -0.377. The van der Waals surface area contributed by atoms with E-state index in [0.29, 0.717) is 17.4 Å². The quantitative estimate of drug-likeness (QED) is 0.908. The van der Waals surface area contributed by atoms with Gasteiger partial charge in [-0.1, -0.05) is 6.07 Å². The predicted molar refractivity (Wildman–Crippen MR) is 76.4 cm³/mol. The summed E-state index contributed by atoms with van der Waals surface area (Å²) < 4.78 is 13.7. The average Bonchev–Trinajstić information content (AvgIpc) is 2.40. The SMILES string of the molecule is CC(C)N(CC(N)=O)Cc1ccc(F)c2cccnc12. The number of carbonyl (C=O) groups is 1. The molecule has 0 atom stereocenters. The fourth-order valence-electron chi connectivity index (χ4n) is 2.16.